The van der Waals surface area contributed by atoms with Gasteiger partial charge in [-0.3, -0.25) is 0 Å². The number of nitrogens with one attached hydrogen (secondary N) is 1. The maximum atomic E-state index is 5.58. The molecule has 0 radical (unpaired) electrons. The second-order valence-electron chi connectivity index (χ2n) is 5.59. The van der Waals surface area contributed by atoms with Crippen LogP contribution in [0.1, 0.15) is 64.7 Å². The van der Waals surface area contributed by atoms with Crippen molar-refractivity contribution in [1.82, 2.24) is 5.32 Å². The Morgan fingerprint density at radius 2 is 1.14 bits per heavy atom. The van der Waals surface area contributed by atoms with Crippen LogP contribution in [0.4, 0.5) is 0 Å². The lowest BCUT2D eigenvalue weighted by atomic mass is 10.2. The van der Waals surface area contributed by atoms with Gasteiger partial charge in [0.05, 0.1) is 0 Å². The van der Waals surface area contributed by atoms with E-state index in [9.17, 15) is 0 Å². The van der Waals surface area contributed by atoms with Gasteiger partial charge >= 0.3 is 0 Å². The van der Waals surface area contributed by atoms with Crippen molar-refractivity contribution in [3.8, 4) is 0 Å². The van der Waals surface area contributed by atoms with Gasteiger partial charge in [0.25, 0.3) is 0 Å². The van der Waals surface area contributed by atoms with Crippen molar-refractivity contribution in [2.45, 2.75) is 64.7 Å². The van der Waals surface area contributed by atoms with Crippen LogP contribution in [0.5, 0.6) is 0 Å². The van der Waals surface area contributed by atoms with E-state index in [0.717, 1.165) is 65.3 Å². The summed E-state index contributed by atoms with van der Waals surface area (Å²) in [6.07, 6.45) is 10.7. The Labute approximate surface area is 132 Å². The average molecular weight is 303 g/mol. The summed E-state index contributed by atoms with van der Waals surface area (Å²) in [6, 6.07) is 0. The molecule has 0 saturated carbocycles. The molecule has 0 atom stereocenters. The van der Waals surface area contributed by atoms with Crippen LogP contribution in [0.2, 0.25) is 0 Å². The van der Waals surface area contributed by atoms with Crippen LogP contribution >= 0.6 is 0 Å². The molecule has 0 fully saturated rings. The van der Waals surface area contributed by atoms with Crippen molar-refractivity contribution in [3.63, 3.8) is 0 Å². The van der Waals surface area contributed by atoms with E-state index < -0.39 is 0 Å². The van der Waals surface area contributed by atoms with Gasteiger partial charge in [-0.25, -0.2) is 0 Å². The second kappa shape index (κ2) is 19.8. The van der Waals surface area contributed by atoms with E-state index in [1.807, 2.05) is 0 Å². The zero-order valence-electron chi connectivity index (χ0n) is 14.2. The zero-order chi connectivity index (χ0) is 15.4. The van der Waals surface area contributed by atoms with Crippen molar-refractivity contribution < 1.29 is 9.47 Å². The minimum absolute atomic E-state index is 0.775. The lowest BCUT2D eigenvalue weighted by Crippen LogP contribution is -2.17. The lowest BCUT2D eigenvalue weighted by Gasteiger charge is -2.06. The molecule has 0 aromatic rings. The summed E-state index contributed by atoms with van der Waals surface area (Å²) in [5.74, 6) is 0. The number of unbranched alkanes of at least 4 members (excludes halogenated alkanes) is 5. The Morgan fingerprint density at radius 3 is 1.62 bits per heavy atom. The van der Waals surface area contributed by atoms with Crippen LogP contribution in [0, 0.1) is 0 Å². The summed E-state index contributed by atoms with van der Waals surface area (Å²) in [5, 5.41) is 3.48. The Morgan fingerprint density at radius 1 is 0.667 bits per heavy atom. The van der Waals surface area contributed by atoms with E-state index in [-0.39, 0.29) is 0 Å². The molecule has 0 aliphatic rings. The standard InChI is InChI=1S/C17H38N2O2/c1-2-3-7-14-20-16-9-5-12-19-13-6-10-17-21-15-8-4-11-18/h19H,2-18H2,1H3. The zero-order valence-corrected chi connectivity index (χ0v) is 14.2. The quantitative estimate of drug-likeness (QED) is 0.382. The van der Waals surface area contributed by atoms with Gasteiger partial charge in [0.1, 0.15) is 0 Å². The van der Waals surface area contributed by atoms with Gasteiger partial charge in [-0.2, -0.15) is 0 Å². The smallest absolute Gasteiger partial charge is 0.0466 e. The maximum Gasteiger partial charge on any atom is 0.0466 e. The van der Waals surface area contributed by atoms with Crippen molar-refractivity contribution in [1.29, 1.82) is 0 Å². The highest BCUT2D eigenvalue weighted by Gasteiger charge is 1.93. The summed E-state index contributed by atoms with van der Waals surface area (Å²) < 4.78 is 11.1. The fourth-order valence-corrected chi connectivity index (χ4v) is 2.04. The Balaban J connectivity index is 2.90. The predicted octanol–water partition coefficient (Wildman–Crippen LogP) is 3.10. The lowest BCUT2D eigenvalue weighted by molar-refractivity contribution is 0.125. The van der Waals surface area contributed by atoms with Crippen LogP contribution in [-0.4, -0.2) is 46.1 Å². The van der Waals surface area contributed by atoms with E-state index in [2.05, 4.69) is 12.2 Å². The number of ether oxygens (including phenoxy) is 2. The molecule has 0 unspecified atom stereocenters. The molecule has 0 aromatic carbocycles. The number of hydrogen-bond donors (Lipinski definition) is 2. The molecule has 0 saturated heterocycles. The molecule has 128 valence electrons. The Bertz CT molecular complexity index is 162. The van der Waals surface area contributed by atoms with Crippen LogP contribution in [0.3, 0.4) is 0 Å². The molecule has 3 N–H and O–H groups in total. The van der Waals surface area contributed by atoms with Crippen molar-refractivity contribution in [3.05, 3.63) is 0 Å². The molecule has 0 spiro atoms. The fourth-order valence-electron chi connectivity index (χ4n) is 2.04. The van der Waals surface area contributed by atoms with Crippen LogP contribution < -0.4 is 11.1 Å². The summed E-state index contributed by atoms with van der Waals surface area (Å²) in [7, 11) is 0. The topological polar surface area (TPSA) is 56.5 Å². The third kappa shape index (κ3) is 19.8. The van der Waals surface area contributed by atoms with Crippen LogP contribution in [0.25, 0.3) is 0 Å². The van der Waals surface area contributed by atoms with Gasteiger partial charge in [0.15, 0.2) is 0 Å². The Kier molecular flexibility index (Phi) is 19.7. The molecule has 0 rings (SSSR count). The molecule has 4 nitrogen and oxygen atoms in total. The average Bonchev–Trinajstić information content (AvgIpc) is 2.50. The molecule has 0 bridgehead atoms. The summed E-state index contributed by atoms with van der Waals surface area (Å²) >= 11 is 0. The highest BCUT2D eigenvalue weighted by Crippen LogP contribution is 1.96. The molecule has 0 aliphatic carbocycles. The first-order chi connectivity index (χ1) is 10.4. The summed E-state index contributed by atoms with van der Waals surface area (Å²) in [6.45, 7) is 8.81. The molecule has 0 aliphatic heterocycles. The SMILES string of the molecule is CCCCCOCCCCNCCCCOCCCCN. The Hall–Kier alpha value is -0.160. The second-order valence-corrected chi connectivity index (χ2v) is 5.59. The molecular formula is C17H38N2O2. The van der Waals surface area contributed by atoms with E-state index in [1.165, 1.54) is 38.5 Å². The van der Waals surface area contributed by atoms with Gasteiger partial charge in [-0.05, 0) is 64.6 Å². The first-order valence-electron chi connectivity index (χ1n) is 8.98. The van der Waals surface area contributed by atoms with Gasteiger partial charge < -0.3 is 20.5 Å². The molecule has 0 aromatic heterocycles. The molecule has 21 heavy (non-hydrogen) atoms. The predicted molar refractivity (Wildman–Crippen MR) is 90.8 cm³/mol. The number of nitrogens with two attached hydrogens (primary N) is 1. The van der Waals surface area contributed by atoms with E-state index in [4.69, 9.17) is 15.2 Å². The fraction of sp³-hybridized carbons (Fsp3) is 1.00. The molecular weight excluding hydrogens is 264 g/mol. The summed E-state index contributed by atoms with van der Waals surface area (Å²) in [5.41, 5.74) is 5.42. The van der Waals surface area contributed by atoms with Gasteiger partial charge in [-0.1, -0.05) is 19.8 Å². The van der Waals surface area contributed by atoms with Crippen molar-refractivity contribution in [2.75, 3.05) is 46.1 Å². The van der Waals surface area contributed by atoms with Gasteiger partial charge in [0.2, 0.25) is 0 Å². The van der Waals surface area contributed by atoms with E-state index in [0.29, 0.717) is 0 Å². The first-order valence-corrected chi connectivity index (χ1v) is 8.98. The highest BCUT2D eigenvalue weighted by atomic mass is 16.5. The van der Waals surface area contributed by atoms with E-state index in [1.54, 1.807) is 0 Å². The first kappa shape index (κ1) is 20.8. The third-order valence-corrected chi connectivity index (χ3v) is 3.42. The highest BCUT2D eigenvalue weighted by molar-refractivity contribution is 4.50. The largest absolute Gasteiger partial charge is 0.381 e. The molecule has 0 amide bonds. The van der Waals surface area contributed by atoms with E-state index >= 15 is 0 Å². The van der Waals surface area contributed by atoms with Gasteiger partial charge in [0, 0.05) is 26.4 Å². The molecule has 4 heteroatoms. The summed E-state index contributed by atoms with van der Waals surface area (Å²) in [4.78, 5) is 0. The van der Waals surface area contributed by atoms with Gasteiger partial charge in [-0.15, -0.1) is 0 Å². The number of hydrogen-bond acceptors (Lipinski definition) is 4. The minimum Gasteiger partial charge on any atom is -0.381 e. The monoisotopic (exact) mass is 302 g/mol. The molecule has 0 heterocycles. The maximum absolute atomic E-state index is 5.58. The van der Waals surface area contributed by atoms with Crippen LogP contribution in [-0.2, 0) is 9.47 Å². The van der Waals surface area contributed by atoms with Crippen molar-refractivity contribution >= 4 is 0 Å². The van der Waals surface area contributed by atoms with Crippen molar-refractivity contribution in [2.24, 2.45) is 5.73 Å². The number of rotatable bonds is 18. The third-order valence-electron chi connectivity index (χ3n) is 3.42. The minimum atomic E-state index is 0.775. The van der Waals surface area contributed by atoms with Crippen LogP contribution in [0.15, 0.2) is 0 Å². The normalized spacial score (nSPS) is 11.1.